The van der Waals surface area contributed by atoms with E-state index in [0.29, 0.717) is 5.92 Å². The minimum Gasteiger partial charge on any atom is -0.392 e. The van der Waals surface area contributed by atoms with Crippen LogP contribution in [0.25, 0.3) is 0 Å². The van der Waals surface area contributed by atoms with Crippen molar-refractivity contribution in [2.75, 3.05) is 7.05 Å². The Kier molecular flexibility index (Phi) is 3.94. The van der Waals surface area contributed by atoms with Crippen LogP contribution in [0.5, 0.6) is 0 Å². The molecule has 1 fully saturated rings. The maximum atomic E-state index is 13.3. The highest BCUT2D eigenvalue weighted by Gasteiger charge is 2.36. The first kappa shape index (κ1) is 14.4. The van der Waals surface area contributed by atoms with Crippen LogP contribution in [0.15, 0.2) is 23.1 Å². The van der Waals surface area contributed by atoms with Crippen molar-refractivity contribution in [3.05, 3.63) is 29.6 Å². The average molecular weight is 287 g/mol. The van der Waals surface area contributed by atoms with Crippen LogP contribution in [0.2, 0.25) is 0 Å². The average Bonchev–Trinajstić information content (AvgIpc) is 3.21. The van der Waals surface area contributed by atoms with E-state index in [1.807, 2.05) is 6.92 Å². The Hall–Kier alpha value is -0.980. The molecular formula is C13H18FNO3S. The first-order valence-electron chi connectivity index (χ1n) is 6.25. The standard InChI is InChI=1S/C13H18FNO3S/c1-9(10-3-4-10)15(2)19(17,18)12-5-6-13(14)11(7-12)8-16/h5-7,9-10,16H,3-4,8H2,1-2H3. The lowest BCUT2D eigenvalue weighted by Gasteiger charge is -2.24. The van der Waals surface area contributed by atoms with Crippen LogP contribution in [0.4, 0.5) is 4.39 Å². The lowest BCUT2D eigenvalue weighted by atomic mass is 10.2. The van der Waals surface area contributed by atoms with Crippen molar-refractivity contribution in [1.82, 2.24) is 4.31 Å². The molecular weight excluding hydrogens is 269 g/mol. The fourth-order valence-electron chi connectivity index (χ4n) is 2.09. The van der Waals surface area contributed by atoms with Gasteiger partial charge < -0.3 is 5.11 Å². The normalized spacial score (nSPS) is 17.7. The molecule has 4 nitrogen and oxygen atoms in total. The zero-order valence-electron chi connectivity index (χ0n) is 11.0. The minimum atomic E-state index is -3.64. The summed E-state index contributed by atoms with van der Waals surface area (Å²) in [6.07, 6.45) is 2.10. The molecule has 1 unspecified atom stereocenters. The maximum absolute atomic E-state index is 13.3. The summed E-state index contributed by atoms with van der Waals surface area (Å²) in [6.45, 7) is 1.36. The van der Waals surface area contributed by atoms with Gasteiger partial charge in [-0.15, -0.1) is 0 Å². The number of benzene rings is 1. The topological polar surface area (TPSA) is 57.6 Å². The van der Waals surface area contributed by atoms with Gasteiger partial charge >= 0.3 is 0 Å². The SMILES string of the molecule is CC(C1CC1)N(C)S(=O)(=O)c1ccc(F)c(CO)c1. The molecule has 0 aromatic heterocycles. The van der Waals surface area contributed by atoms with Gasteiger partial charge in [-0.1, -0.05) is 0 Å². The number of aliphatic hydroxyl groups excluding tert-OH is 1. The van der Waals surface area contributed by atoms with Crippen LogP contribution in [0.1, 0.15) is 25.3 Å². The van der Waals surface area contributed by atoms with Crippen molar-refractivity contribution < 1.29 is 17.9 Å². The second-order valence-corrected chi connectivity index (χ2v) is 7.01. The van der Waals surface area contributed by atoms with Gasteiger partial charge in [0.25, 0.3) is 0 Å². The molecule has 1 aliphatic carbocycles. The molecule has 2 rings (SSSR count). The Bertz CT molecular complexity index is 569. The van der Waals surface area contributed by atoms with Gasteiger partial charge in [0, 0.05) is 18.7 Å². The maximum Gasteiger partial charge on any atom is 0.243 e. The summed E-state index contributed by atoms with van der Waals surface area (Å²) in [7, 11) is -2.10. The highest BCUT2D eigenvalue weighted by atomic mass is 32.2. The molecule has 1 N–H and O–H groups in total. The molecule has 106 valence electrons. The van der Waals surface area contributed by atoms with Crippen LogP contribution >= 0.6 is 0 Å². The van der Waals surface area contributed by atoms with Crippen molar-refractivity contribution in [3.8, 4) is 0 Å². The van der Waals surface area contributed by atoms with E-state index in [-0.39, 0.29) is 16.5 Å². The number of rotatable bonds is 5. The molecule has 6 heteroatoms. The van der Waals surface area contributed by atoms with Crippen molar-refractivity contribution in [1.29, 1.82) is 0 Å². The van der Waals surface area contributed by atoms with Crippen LogP contribution in [-0.2, 0) is 16.6 Å². The van der Waals surface area contributed by atoms with Gasteiger partial charge in [-0.25, -0.2) is 12.8 Å². The Balaban J connectivity index is 2.33. The van der Waals surface area contributed by atoms with Gasteiger partial charge in [-0.3, -0.25) is 0 Å². The second kappa shape index (κ2) is 5.19. The molecule has 0 saturated heterocycles. The molecule has 0 amide bonds. The lowest BCUT2D eigenvalue weighted by Crippen LogP contribution is -2.36. The van der Waals surface area contributed by atoms with Gasteiger partial charge in [0.15, 0.2) is 0 Å². The molecule has 1 atom stereocenters. The largest absolute Gasteiger partial charge is 0.392 e. The molecule has 0 heterocycles. The Morgan fingerprint density at radius 2 is 2.11 bits per heavy atom. The number of hydrogen-bond donors (Lipinski definition) is 1. The molecule has 1 saturated carbocycles. The van der Waals surface area contributed by atoms with Crippen molar-refractivity contribution in [3.63, 3.8) is 0 Å². The summed E-state index contributed by atoms with van der Waals surface area (Å²) in [6, 6.07) is 3.45. The Morgan fingerprint density at radius 3 is 2.63 bits per heavy atom. The molecule has 1 aromatic rings. The summed E-state index contributed by atoms with van der Waals surface area (Å²) in [4.78, 5) is 0.0213. The van der Waals surface area contributed by atoms with E-state index in [0.717, 1.165) is 18.9 Å². The van der Waals surface area contributed by atoms with Crippen LogP contribution < -0.4 is 0 Å². The predicted octanol–water partition coefficient (Wildman–Crippen LogP) is 1.74. The number of hydrogen-bond acceptors (Lipinski definition) is 3. The second-order valence-electron chi connectivity index (χ2n) is 5.01. The number of aliphatic hydroxyl groups is 1. The minimum absolute atomic E-state index is 0.00597. The van der Waals surface area contributed by atoms with Gasteiger partial charge in [-0.2, -0.15) is 4.31 Å². The number of halogens is 1. The lowest BCUT2D eigenvalue weighted by molar-refractivity contribution is 0.275. The third-order valence-electron chi connectivity index (χ3n) is 3.74. The highest BCUT2D eigenvalue weighted by molar-refractivity contribution is 7.89. The van der Waals surface area contributed by atoms with Crippen LogP contribution in [0.3, 0.4) is 0 Å². The fourth-order valence-corrected chi connectivity index (χ4v) is 3.57. The quantitative estimate of drug-likeness (QED) is 0.897. The van der Waals surface area contributed by atoms with E-state index < -0.39 is 22.4 Å². The van der Waals surface area contributed by atoms with Gasteiger partial charge in [-0.05, 0) is 43.9 Å². The van der Waals surface area contributed by atoms with Crippen LogP contribution in [0, 0.1) is 11.7 Å². The molecule has 0 spiro atoms. The molecule has 1 aliphatic rings. The van der Waals surface area contributed by atoms with Crippen molar-refractivity contribution >= 4 is 10.0 Å². The molecule has 1 aromatic carbocycles. The number of nitrogens with zero attached hydrogens (tertiary/aromatic N) is 1. The first-order chi connectivity index (χ1) is 8.87. The first-order valence-corrected chi connectivity index (χ1v) is 7.69. The van der Waals surface area contributed by atoms with Crippen molar-refractivity contribution in [2.45, 2.75) is 37.3 Å². The van der Waals surface area contributed by atoms with Crippen LogP contribution in [-0.4, -0.2) is 30.9 Å². The summed E-state index contributed by atoms with van der Waals surface area (Å²) in [5.41, 5.74) is -0.00597. The third kappa shape index (κ3) is 2.80. The fraction of sp³-hybridized carbons (Fsp3) is 0.538. The Morgan fingerprint density at radius 1 is 1.47 bits per heavy atom. The molecule has 0 aliphatic heterocycles. The molecule has 0 radical (unpaired) electrons. The molecule has 0 bridgehead atoms. The summed E-state index contributed by atoms with van der Waals surface area (Å²) >= 11 is 0. The zero-order valence-corrected chi connectivity index (χ0v) is 11.8. The Labute approximate surface area is 112 Å². The van der Waals surface area contributed by atoms with Gasteiger partial charge in [0.1, 0.15) is 5.82 Å². The van der Waals surface area contributed by atoms with E-state index in [9.17, 15) is 12.8 Å². The summed E-state index contributed by atoms with van der Waals surface area (Å²) < 4.78 is 39.4. The van der Waals surface area contributed by atoms with Crippen molar-refractivity contribution in [2.24, 2.45) is 5.92 Å². The van der Waals surface area contributed by atoms with E-state index in [2.05, 4.69) is 0 Å². The third-order valence-corrected chi connectivity index (χ3v) is 5.68. The summed E-state index contributed by atoms with van der Waals surface area (Å²) in [5.74, 6) is -0.183. The molecule has 19 heavy (non-hydrogen) atoms. The van der Waals surface area contributed by atoms with E-state index in [1.54, 1.807) is 7.05 Å². The highest BCUT2D eigenvalue weighted by Crippen LogP contribution is 2.36. The van der Waals surface area contributed by atoms with E-state index in [1.165, 1.54) is 16.4 Å². The van der Waals surface area contributed by atoms with Gasteiger partial charge in [0.05, 0.1) is 11.5 Å². The van der Waals surface area contributed by atoms with E-state index >= 15 is 0 Å². The zero-order chi connectivity index (χ0) is 14.2. The number of sulfonamides is 1. The van der Waals surface area contributed by atoms with E-state index in [4.69, 9.17) is 5.11 Å². The summed E-state index contributed by atoms with van der Waals surface area (Å²) in [5, 5.41) is 9.01. The monoisotopic (exact) mass is 287 g/mol. The van der Waals surface area contributed by atoms with Gasteiger partial charge in [0.2, 0.25) is 10.0 Å². The predicted molar refractivity (Wildman–Crippen MR) is 69.5 cm³/mol. The smallest absolute Gasteiger partial charge is 0.243 e.